The average Bonchev–Trinajstić information content (AvgIpc) is 2.88. The highest BCUT2D eigenvalue weighted by molar-refractivity contribution is 4.81. The zero-order chi connectivity index (χ0) is 9.52. The zero-order valence-electron chi connectivity index (χ0n) is 8.76. The summed E-state index contributed by atoms with van der Waals surface area (Å²) in [5.74, 6) is 0. The van der Waals surface area contributed by atoms with E-state index < -0.39 is 0 Å². The van der Waals surface area contributed by atoms with E-state index in [0.29, 0.717) is 6.04 Å². The van der Waals surface area contributed by atoms with Crippen LogP contribution in [0.4, 0.5) is 0 Å². The molecule has 13 heavy (non-hydrogen) atoms. The van der Waals surface area contributed by atoms with Crippen molar-refractivity contribution in [2.45, 2.75) is 70.6 Å². The first kappa shape index (κ1) is 11.0. The Balaban J connectivity index is 1.80. The van der Waals surface area contributed by atoms with Gasteiger partial charge in [-0.2, -0.15) is 0 Å². The van der Waals surface area contributed by atoms with Crippen LogP contribution in [0.25, 0.3) is 0 Å². The Morgan fingerprint density at radius 2 is 1.92 bits per heavy atom. The lowest BCUT2D eigenvalue weighted by molar-refractivity contribution is 0.122. The van der Waals surface area contributed by atoms with Crippen LogP contribution in [0, 0.1) is 0 Å². The van der Waals surface area contributed by atoms with E-state index in [1.165, 1.54) is 44.9 Å². The molecule has 0 spiro atoms. The second-order valence-corrected chi connectivity index (χ2v) is 4.16. The SMILES string of the molecule is CCCCCCCC(O)NC1CC1. The molecule has 1 saturated carbocycles. The quantitative estimate of drug-likeness (QED) is 0.449. The molecule has 0 aromatic heterocycles. The molecule has 1 unspecified atom stereocenters. The van der Waals surface area contributed by atoms with Crippen LogP contribution in [-0.4, -0.2) is 17.4 Å². The molecule has 1 fully saturated rings. The number of aliphatic hydroxyl groups excluding tert-OH is 1. The molecular formula is C11H23NO. The van der Waals surface area contributed by atoms with Crippen LogP contribution in [0.2, 0.25) is 0 Å². The predicted molar refractivity (Wildman–Crippen MR) is 55.5 cm³/mol. The van der Waals surface area contributed by atoms with Gasteiger partial charge in [0.25, 0.3) is 0 Å². The Bertz CT molecular complexity index is 123. The molecule has 78 valence electrons. The third kappa shape index (κ3) is 6.05. The van der Waals surface area contributed by atoms with Gasteiger partial charge in [-0.3, -0.25) is 5.32 Å². The van der Waals surface area contributed by atoms with Crippen molar-refractivity contribution in [2.24, 2.45) is 0 Å². The number of unbranched alkanes of at least 4 members (excludes halogenated alkanes) is 4. The molecule has 0 aromatic carbocycles. The fraction of sp³-hybridized carbons (Fsp3) is 1.00. The number of aliphatic hydroxyl groups is 1. The van der Waals surface area contributed by atoms with Gasteiger partial charge >= 0.3 is 0 Å². The summed E-state index contributed by atoms with van der Waals surface area (Å²) in [4.78, 5) is 0. The van der Waals surface area contributed by atoms with Crippen LogP contribution in [0.1, 0.15) is 58.3 Å². The van der Waals surface area contributed by atoms with Crippen LogP contribution in [-0.2, 0) is 0 Å². The number of nitrogens with one attached hydrogen (secondary N) is 1. The summed E-state index contributed by atoms with van der Waals surface area (Å²) < 4.78 is 0. The Labute approximate surface area is 81.7 Å². The van der Waals surface area contributed by atoms with Gasteiger partial charge < -0.3 is 5.11 Å². The summed E-state index contributed by atoms with van der Waals surface area (Å²) in [6.07, 6.45) is 9.61. The number of hydrogen-bond donors (Lipinski definition) is 2. The topological polar surface area (TPSA) is 32.3 Å². The van der Waals surface area contributed by atoms with Gasteiger partial charge in [0.1, 0.15) is 6.23 Å². The van der Waals surface area contributed by atoms with E-state index in [4.69, 9.17) is 0 Å². The molecule has 1 aliphatic rings. The second kappa shape index (κ2) is 6.39. The molecule has 0 bridgehead atoms. The van der Waals surface area contributed by atoms with E-state index in [2.05, 4.69) is 12.2 Å². The summed E-state index contributed by atoms with van der Waals surface area (Å²) >= 11 is 0. The van der Waals surface area contributed by atoms with Gasteiger partial charge in [0.05, 0.1) is 0 Å². The smallest absolute Gasteiger partial charge is 0.105 e. The maximum absolute atomic E-state index is 9.51. The average molecular weight is 185 g/mol. The van der Waals surface area contributed by atoms with Crippen LogP contribution >= 0.6 is 0 Å². The Morgan fingerprint density at radius 3 is 2.54 bits per heavy atom. The summed E-state index contributed by atoms with van der Waals surface area (Å²) in [5, 5.41) is 12.7. The van der Waals surface area contributed by atoms with Crippen molar-refractivity contribution in [3.63, 3.8) is 0 Å². The Kier molecular flexibility index (Phi) is 5.40. The van der Waals surface area contributed by atoms with Crippen LogP contribution in [0.3, 0.4) is 0 Å². The first-order valence-electron chi connectivity index (χ1n) is 5.77. The minimum absolute atomic E-state index is 0.242. The Morgan fingerprint density at radius 1 is 1.23 bits per heavy atom. The summed E-state index contributed by atoms with van der Waals surface area (Å²) in [7, 11) is 0. The van der Waals surface area contributed by atoms with Crippen molar-refractivity contribution in [3.8, 4) is 0 Å². The molecule has 2 nitrogen and oxygen atoms in total. The largest absolute Gasteiger partial charge is 0.379 e. The molecule has 0 aromatic rings. The van der Waals surface area contributed by atoms with Gasteiger partial charge in [-0.1, -0.05) is 32.6 Å². The van der Waals surface area contributed by atoms with Crippen molar-refractivity contribution in [2.75, 3.05) is 0 Å². The highest BCUT2D eigenvalue weighted by atomic mass is 16.3. The van der Waals surface area contributed by atoms with Gasteiger partial charge in [0, 0.05) is 6.04 Å². The second-order valence-electron chi connectivity index (χ2n) is 4.16. The number of hydrogen-bond acceptors (Lipinski definition) is 2. The van der Waals surface area contributed by atoms with Crippen LogP contribution in [0.5, 0.6) is 0 Å². The molecule has 0 aliphatic heterocycles. The van der Waals surface area contributed by atoms with Crippen molar-refractivity contribution in [3.05, 3.63) is 0 Å². The van der Waals surface area contributed by atoms with Gasteiger partial charge in [0.2, 0.25) is 0 Å². The van der Waals surface area contributed by atoms with Crippen molar-refractivity contribution >= 4 is 0 Å². The lowest BCUT2D eigenvalue weighted by Crippen LogP contribution is -2.30. The molecule has 1 rings (SSSR count). The highest BCUT2D eigenvalue weighted by Gasteiger charge is 2.22. The maximum atomic E-state index is 9.51. The molecule has 0 radical (unpaired) electrons. The van der Waals surface area contributed by atoms with Crippen LogP contribution < -0.4 is 5.32 Å². The molecule has 0 saturated heterocycles. The van der Waals surface area contributed by atoms with Crippen LogP contribution in [0.15, 0.2) is 0 Å². The standard InChI is InChI=1S/C11H23NO/c1-2-3-4-5-6-7-11(13)12-10-8-9-10/h10-13H,2-9H2,1H3. The molecule has 1 atom stereocenters. The monoisotopic (exact) mass is 185 g/mol. The minimum atomic E-state index is -0.242. The normalized spacial score (nSPS) is 18.9. The molecule has 1 aliphatic carbocycles. The summed E-state index contributed by atoms with van der Waals surface area (Å²) in [6, 6.07) is 0.630. The first-order chi connectivity index (χ1) is 6.33. The first-order valence-corrected chi connectivity index (χ1v) is 5.77. The van der Waals surface area contributed by atoms with Gasteiger partial charge in [-0.15, -0.1) is 0 Å². The van der Waals surface area contributed by atoms with Gasteiger partial charge in [0.15, 0.2) is 0 Å². The van der Waals surface area contributed by atoms with E-state index >= 15 is 0 Å². The zero-order valence-corrected chi connectivity index (χ0v) is 8.76. The third-order valence-corrected chi connectivity index (χ3v) is 2.59. The molecule has 2 N–H and O–H groups in total. The van der Waals surface area contributed by atoms with E-state index in [1.807, 2.05) is 0 Å². The third-order valence-electron chi connectivity index (χ3n) is 2.59. The van der Waals surface area contributed by atoms with Crippen molar-refractivity contribution in [1.29, 1.82) is 0 Å². The number of rotatable bonds is 8. The molecular weight excluding hydrogens is 162 g/mol. The molecule has 0 amide bonds. The molecule has 2 heteroatoms. The van der Waals surface area contributed by atoms with E-state index in [9.17, 15) is 5.11 Å². The fourth-order valence-corrected chi connectivity index (χ4v) is 1.55. The van der Waals surface area contributed by atoms with Gasteiger partial charge in [-0.05, 0) is 25.7 Å². The fourth-order valence-electron chi connectivity index (χ4n) is 1.55. The summed E-state index contributed by atoms with van der Waals surface area (Å²) in [6.45, 7) is 2.23. The van der Waals surface area contributed by atoms with E-state index in [1.54, 1.807) is 0 Å². The van der Waals surface area contributed by atoms with E-state index in [-0.39, 0.29) is 6.23 Å². The minimum Gasteiger partial charge on any atom is -0.379 e. The lowest BCUT2D eigenvalue weighted by atomic mass is 10.1. The Hall–Kier alpha value is -0.0800. The lowest BCUT2D eigenvalue weighted by Gasteiger charge is -2.11. The summed E-state index contributed by atoms with van der Waals surface area (Å²) in [5.41, 5.74) is 0. The van der Waals surface area contributed by atoms with Crippen molar-refractivity contribution < 1.29 is 5.11 Å². The molecule has 0 heterocycles. The maximum Gasteiger partial charge on any atom is 0.105 e. The van der Waals surface area contributed by atoms with Crippen molar-refractivity contribution in [1.82, 2.24) is 5.32 Å². The van der Waals surface area contributed by atoms with Gasteiger partial charge in [-0.25, -0.2) is 0 Å². The highest BCUT2D eigenvalue weighted by Crippen LogP contribution is 2.19. The predicted octanol–water partition coefficient (Wildman–Crippen LogP) is 2.42. The van der Waals surface area contributed by atoms with E-state index in [0.717, 1.165) is 6.42 Å².